The van der Waals surface area contributed by atoms with Crippen LogP contribution in [0.2, 0.25) is 0 Å². The van der Waals surface area contributed by atoms with Gasteiger partial charge < -0.3 is 5.11 Å². The zero-order valence-corrected chi connectivity index (χ0v) is 19.2. The second kappa shape index (κ2) is 9.55. The highest BCUT2D eigenvalue weighted by molar-refractivity contribution is 5.97. The van der Waals surface area contributed by atoms with Crippen LogP contribution in [-0.2, 0) is 25.2 Å². The number of unbranched alkanes of at least 4 members (excludes halogenated alkanes) is 1. The lowest BCUT2D eigenvalue weighted by Gasteiger charge is -2.22. The Morgan fingerprint density at radius 3 is 2.28 bits per heavy atom. The Morgan fingerprint density at radius 1 is 1.03 bits per heavy atom. The number of hydrogen-bond donors (Lipinski definition) is 1. The van der Waals surface area contributed by atoms with Crippen molar-refractivity contribution in [2.24, 2.45) is 0 Å². The van der Waals surface area contributed by atoms with Crippen LogP contribution in [0.1, 0.15) is 67.8 Å². The van der Waals surface area contributed by atoms with Crippen LogP contribution in [0, 0.1) is 0 Å². The molecule has 5 nitrogen and oxygen atoms in total. The number of rotatable bonds is 8. The number of aromatic nitrogens is 2. The van der Waals surface area contributed by atoms with Crippen molar-refractivity contribution in [1.29, 1.82) is 0 Å². The van der Waals surface area contributed by atoms with Crippen molar-refractivity contribution in [3.8, 4) is 11.1 Å². The number of halogens is 1. The predicted molar refractivity (Wildman–Crippen MR) is 125 cm³/mol. The van der Waals surface area contributed by atoms with Gasteiger partial charge in [-0.05, 0) is 50.3 Å². The van der Waals surface area contributed by atoms with Crippen LogP contribution in [0.4, 0.5) is 4.39 Å². The summed E-state index contributed by atoms with van der Waals surface area (Å²) in [5.41, 5.74) is 2.21. The minimum Gasteiger partial charge on any atom is -0.478 e. The standard InChI is InChI=1S/C26H31FN2O3/c1-5-6-15-21-22(16-27)29(26(2,3)4)25(32)28(21)17-19-13-10-14-20(23(19)24(30)31)18-11-8-7-9-12-18/h7-14H,5-6,15-17H2,1-4H3,(H,30,31). The third-order valence-corrected chi connectivity index (χ3v) is 5.69. The maximum absolute atomic E-state index is 14.2. The molecule has 0 aliphatic rings. The van der Waals surface area contributed by atoms with Gasteiger partial charge in [-0.25, -0.2) is 14.0 Å². The van der Waals surface area contributed by atoms with Crippen LogP contribution in [0.5, 0.6) is 0 Å². The van der Waals surface area contributed by atoms with Crippen molar-refractivity contribution < 1.29 is 14.3 Å². The van der Waals surface area contributed by atoms with Gasteiger partial charge in [-0.3, -0.25) is 9.13 Å². The highest BCUT2D eigenvalue weighted by Gasteiger charge is 2.27. The van der Waals surface area contributed by atoms with Crippen molar-refractivity contribution >= 4 is 5.97 Å². The summed E-state index contributed by atoms with van der Waals surface area (Å²) in [5.74, 6) is -1.05. The number of carboxylic acid groups (broad SMARTS) is 1. The molecule has 3 aromatic rings. The minimum atomic E-state index is -1.05. The van der Waals surface area contributed by atoms with Crippen LogP contribution in [0.25, 0.3) is 11.1 Å². The second-order valence-electron chi connectivity index (χ2n) is 9.02. The van der Waals surface area contributed by atoms with E-state index in [0.29, 0.717) is 28.9 Å². The normalized spacial score (nSPS) is 11.7. The highest BCUT2D eigenvalue weighted by atomic mass is 19.1. The first-order valence-electron chi connectivity index (χ1n) is 11.0. The third-order valence-electron chi connectivity index (χ3n) is 5.69. The summed E-state index contributed by atoms with van der Waals surface area (Å²) in [6.07, 6.45) is 2.29. The molecule has 1 heterocycles. The summed E-state index contributed by atoms with van der Waals surface area (Å²) < 4.78 is 17.2. The second-order valence-corrected chi connectivity index (χ2v) is 9.02. The zero-order valence-electron chi connectivity index (χ0n) is 19.2. The molecule has 0 unspecified atom stereocenters. The van der Waals surface area contributed by atoms with Crippen molar-refractivity contribution in [1.82, 2.24) is 9.13 Å². The molecular weight excluding hydrogens is 407 g/mol. The van der Waals surface area contributed by atoms with Gasteiger partial charge in [0.2, 0.25) is 0 Å². The molecule has 0 spiro atoms. The summed E-state index contributed by atoms with van der Waals surface area (Å²) in [4.78, 5) is 25.7. The first-order chi connectivity index (χ1) is 15.2. The molecule has 2 aromatic carbocycles. The fourth-order valence-electron chi connectivity index (χ4n) is 4.26. The van der Waals surface area contributed by atoms with E-state index in [4.69, 9.17) is 0 Å². The number of imidazole rings is 1. The maximum Gasteiger partial charge on any atom is 0.336 e. The van der Waals surface area contributed by atoms with Crippen LogP contribution in [-0.4, -0.2) is 20.2 Å². The summed E-state index contributed by atoms with van der Waals surface area (Å²) in [6.45, 7) is 7.01. The van der Waals surface area contributed by atoms with E-state index in [1.807, 2.05) is 58.0 Å². The molecule has 0 fully saturated rings. The molecule has 6 heteroatoms. The summed E-state index contributed by atoms with van der Waals surface area (Å²) in [7, 11) is 0. The molecule has 3 rings (SSSR count). The molecule has 0 bridgehead atoms. The highest BCUT2D eigenvalue weighted by Crippen LogP contribution is 2.28. The fraction of sp³-hybridized carbons (Fsp3) is 0.385. The molecular formula is C26H31FN2O3. The fourth-order valence-corrected chi connectivity index (χ4v) is 4.26. The SMILES string of the molecule is CCCCc1c(CF)n(C(C)(C)C)c(=O)n1Cc1cccc(-c2ccccc2)c1C(=O)O. The Labute approximate surface area is 188 Å². The number of hydrogen-bond acceptors (Lipinski definition) is 2. The van der Waals surface area contributed by atoms with Gasteiger partial charge >= 0.3 is 11.7 Å². The van der Waals surface area contributed by atoms with Gasteiger partial charge in [0, 0.05) is 11.2 Å². The van der Waals surface area contributed by atoms with Crippen molar-refractivity contribution in [2.75, 3.05) is 0 Å². The van der Waals surface area contributed by atoms with Crippen LogP contribution in [0.15, 0.2) is 53.3 Å². The maximum atomic E-state index is 14.2. The van der Waals surface area contributed by atoms with Gasteiger partial charge in [0.1, 0.15) is 6.67 Å². The molecule has 0 aliphatic carbocycles. The van der Waals surface area contributed by atoms with E-state index in [9.17, 15) is 19.1 Å². The number of alkyl halides is 1. The van der Waals surface area contributed by atoms with Gasteiger partial charge in [-0.1, -0.05) is 61.9 Å². The van der Waals surface area contributed by atoms with Crippen LogP contribution in [0.3, 0.4) is 0 Å². The lowest BCUT2D eigenvalue weighted by atomic mass is 9.95. The number of nitrogens with zero attached hydrogens (tertiary/aromatic N) is 2. The Hall–Kier alpha value is -3.15. The summed E-state index contributed by atoms with van der Waals surface area (Å²) in [5, 5.41) is 10.0. The monoisotopic (exact) mass is 438 g/mol. The molecule has 1 aromatic heterocycles. The van der Waals surface area contributed by atoms with E-state index >= 15 is 0 Å². The number of carboxylic acids is 1. The number of carbonyl (C=O) groups is 1. The molecule has 0 radical (unpaired) electrons. The number of aromatic carboxylic acids is 1. The van der Waals surface area contributed by atoms with Gasteiger partial charge in [-0.2, -0.15) is 0 Å². The molecule has 1 N–H and O–H groups in total. The molecule has 0 saturated carbocycles. The minimum absolute atomic E-state index is 0.0796. The Kier molecular flexibility index (Phi) is 7.02. The lowest BCUT2D eigenvalue weighted by molar-refractivity contribution is 0.0696. The summed E-state index contributed by atoms with van der Waals surface area (Å²) >= 11 is 0. The summed E-state index contributed by atoms with van der Waals surface area (Å²) in [6, 6.07) is 14.6. The van der Waals surface area contributed by atoms with Gasteiger partial charge in [0.25, 0.3) is 0 Å². The van der Waals surface area contributed by atoms with E-state index in [0.717, 1.165) is 18.4 Å². The quantitative estimate of drug-likeness (QED) is 0.496. The Balaban J connectivity index is 2.22. The molecule has 0 aliphatic heterocycles. The van der Waals surface area contributed by atoms with Crippen molar-refractivity contribution in [3.63, 3.8) is 0 Å². The van der Waals surface area contributed by atoms with Crippen molar-refractivity contribution in [2.45, 2.75) is 65.7 Å². The Bertz CT molecular complexity index is 1150. The van der Waals surface area contributed by atoms with Crippen LogP contribution >= 0.6 is 0 Å². The van der Waals surface area contributed by atoms with E-state index in [1.54, 1.807) is 22.8 Å². The van der Waals surface area contributed by atoms with E-state index < -0.39 is 18.2 Å². The Morgan fingerprint density at radius 2 is 1.72 bits per heavy atom. The number of benzene rings is 2. The van der Waals surface area contributed by atoms with E-state index in [1.165, 1.54) is 4.57 Å². The molecule has 0 atom stereocenters. The average molecular weight is 439 g/mol. The predicted octanol–water partition coefficient (Wildman–Crippen LogP) is 5.63. The topological polar surface area (TPSA) is 64.2 Å². The molecule has 0 amide bonds. The van der Waals surface area contributed by atoms with Gasteiger partial charge in [0.05, 0.1) is 17.8 Å². The first-order valence-corrected chi connectivity index (χ1v) is 11.0. The molecule has 0 saturated heterocycles. The van der Waals surface area contributed by atoms with Crippen LogP contribution < -0.4 is 5.69 Å². The average Bonchev–Trinajstić information content (AvgIpc) is 3.03. The van der Waals surface area contributed by atoms with Gasteiger partial charge in [0.15, 0.2) is 0 Å². The first kappa shape index (κ1) is 23.5. The smallest absolute Gasteiger partial charge is 0.336 e. The van der Waals surface area contributed by atoms with E-state index in [-0.39, 0.29) is 17.8 Å². The lowest BCUT2D eigenvalue weighted by Crippen LogP contribution is -2.36. The largest absolute Gasteiger partial charge is 0.478 e. The zero-order chi connectivity index (χ0) is 23.5. The van der Waals surface area contributed by atoms with Crippen molar-refractivity contribution in [3.05, 3.63) is 81.5 Å². The van der Waals surface area contributed by atoms with Gasteiger partial charge in [-0.15, -0.1) is 0 Å². The van der Waals surface area contributed by atoms with E-state index in [2.05, 4.69) is 0 Å². The molecule has 32 heavy (non-hydrogen) atoms. The molecule has 170 valence electrons. The third kappa shape index (κ3) is 4.54.